The van der Waals surface area contributed by atoms with Gasteiger partial charge in [0, 0.05) is 11.4 Å². The summed E-state index contributed by atoms with van der Waals surface area (Å²) in [6, 6.07) is 7.41. The van der Waals surface area contributed by atoms with E-state index >= 15 is 0 Å². The molecule has 10 heteroatoms. The van der Waals surface area contributed by atoms with Crippen LogP contribution < -0.4 is 11.3 Å². The fourth-order valence-corrected chi connectivity index (χ4v) is 4.29. The molecule has 1 aliphatic rings. The van der Waals surface area contributed by atoms with E-state index in [2.05, 4.69) is 10.1 Å². The van der Waals surface area contributed by atoms with Gasteiger partial charge in [-0.15, -0.1) is 0 Å². The monoisotopic (exact) mass is 464 g/mol. The van der Waals surface area contributed by atoms with Crippen LogP contribution in [0.15, 0.2) is 56.8 Å². The lowest BCUT2D eigenvalue weighted by Gasteiger charge is -2.07. The van der Waals surface area contributed by atoms with Crippen LogP contribution in [0.2, 0.25) is 5.02 Å². The van der Waals surface area contributed by atoms with Crippen molar-refractivity contribution in [1.82, 2.24) is 14.6 Å². The summed E-state index contributed by atoms with van der Waals surface area (Å²) in [5, 5.41) is 5.78. The van der Waals surface area contributed by atoms with Gasteiger partial charge in [0.2, 0.25) is 10.7 Å². The summed E-state index contributed by atoms with van der Waals surface area (Å²) in [6.07, 6.45) is 4.85. The number of Topliss-reactive ketones (excluding diaryl/α,β-unsaturated/α-hetero) is 1. The van der Waals surface area contributed by atoms with Crippen LogP contribution in [0.4, 0.5) is 5.82 Å². The molecule has 6 nitrogen and oxygen atoms in total. The zero-order valence-corrected chi connectivity index (χ0v) is 17.6. The Bertz CT molecular complexity index is 1280. The first kappa shape index (κ1) is 19.8. The van der Waals surface area contributed by atoms with Gasteiger partial charge in [-0.1, -0.05) is 58.3 Å². The van der Waals surface area contributed by atoms with Gasteiger partial charge in [-0.2, -0.15) is 14.6 Å². The quantitative estimate of drug-likeness (QED) is 0.626. The highest BCUT2D eigenvalue weighted by molar-refractivity contribution is 7.16. The molecule has 0 radical (unpaired) electrons. The third kappa shape index (κ3) is 4.00. The summed E-state index contributed by atoms with van der Waals surface area (Å²) in [5.41, 5.74) is 7.29. The molecule has 0 saturated heterocycles. The van der Waals surface area contributed by atoms with E-state index in [0.29, 0.717) is 22.0 Å². The van der Waals surface area contributed by atoms with E-state index in [1.54, 1.807) is 12.1 Å². The average molecular weight is 466 g/mol. The Balaban J connectivity index is 1.75. The summed E-state index contributed by atoms with van der Waals surface area (Å²) in [5.74, 6) is -0.341. The molecule has 0 spiro atoms. The maximum atomic E-state index is 12.5. The number of nitrogen functional groups attached to an aromatic ring is 1. The highest BCUT2D eigenvalue weighted by Gasteiger charge is 2.18. The van der Waals surface area contributed by atoms with Crippen molar-refractivity contribution in [3.05, 3.63) is 83.6 Å². The number of rotatable bonds is 3. The first-order valence-electron chi connectivity index (χ1n) is 8.25. The predicted molar refractivity (Wildman–Crippen MR) is 117 cm³/mol. The summed E-state index contributed by atoms with van der Waals surface area (Å²) >= 11 is 19.0. The summed E-state index contributed by atoms with van der Waals surface area (Å²) < 4.78 is 1.42. The average Bonchev–Trinajstić information content (AvgIpc) is 3.07. The second-order valence-electron chi connectivity index (χ2n) is 6.17. The smallest absolute Gasteiger partial charge is 0.283 e. The predicted octanol–water partition coefficient (Wildman–Crippen LogP) is 4.19. The van der Waals surface area contributed by atoms with E-state index in [0.717, 1.165) is 10.6 Å². The van der Waals surface area contributed by atoms with Gasteiger partial charge in [0.05, 0.1) is 15.6 Å². The van der Waals surface area contributed by atoms with E-state index in [9.17, 15) is 9.59 Å². The van der Waals surface area contributed by atoms with Crippen LogP contribution in [0.5, 0.6) is 0 Å². The van der Waals surface area contributed by atoms with E-state index < -0.39 is 11.3 Å². The van der Waals surface area contributed by atoms with Gasteiger partial charge in [-0.3, -0.25) is 9.59 Å². The van der Waals surface area contributed by atoms with Gasteiger partial charge in [0.25, 0.3) is 5.56 Å². The third-order valence-electron chi connectivity index (χ3n) is 4.13. The van der Waals surface area contributed by atoms with Crippen LogP contribution in [-0.4, -0.2) is 20.4 Å². The zero-order chi connectivity index (χ0) is 20.7. The number of halogens is 3. The second-order valence-corrected chi connectivity index (χ2v) is 8.46. The van der Waals surface area contributed by atoms with Crippen LogP contribution in [0.1, 0.15) is 16.1 Å². The summed E-state index contributed by atoms with van der Waals surface area (Å²) in [7, 11) is 0. The van der Waals surface area contributed by atoms with Crippen molar-refractivity contribution in [3.8, 4) is 0 Å². The standard InChI is InChI=1S/C19H11Cl3N4O2S/c20-11-3-1-9(2-4-11)8-15-25-26-17(23)12(18(28)24-19(26)29-15)5-10-6-13(21)16(27)14(22)7-10/h1-7H,8,23H2. The van der Waals surface area contributed by atoms with E-state index in [-0.39, 0.29) is 21.4 Å². The van der Waals surface area contributed by atoms with Crippen LogP contribution in [0, 0.1) is 0 Å². The summed E-state index contributed by atoms with van der Waals surface area (Å²) in [4.78, 5) is 28.6. The van der Waals surface area contributed by atoms with Gasteiger partial charge < -0.3 is 5.73 Å². The Morgan fingerprint density at radius 1 is 1.07 bits per heavy atom. The van der Waals surface area contributed by atoms with Crippen molar-refractivity contribution in [2.45, 2.75) is 6.42 Å². The van der Waals surface area contributed by atoms with Gasteiger partial charge in [0.15, 0.2) is 0 Å². The highest BCUT2D eigenvalue weighted by Crippen LogP contribution is 2.26. The highest BCUT2D eigenvalue weighted by atomic mass is 35.5. The minimum atomic E-state index is -0.511. The molecule has 0 amide bonds. The topological polar surface area (TPSA) is 90.4 Å². The molecule has 2 heterocycles. The maximum Gasteiger partial charge on any atom is 0.283 e. The van der Waals surface area contributed by atoms with Gasteiger partial charge >= 0.3 is 0 Å². The number of carbonyl (C=O) groups excluding carboxylic acids is 1. The molecular formula is C19H11Cl3N4O2S. The number of nitrogens with zero attached hydrogens (tertiary/aromatic N) is 3. The van der Waals surface area contributed by atoms with Crippen molar-refractivity contribution in [1.29, 1.82) is 0 Å². The number of anilines is 1. The van der Waals surface area contributed by atoms with Crippen LogP contribution in [0.3, 0.4) is 0 Å². The number of benzene rings is 1. The zero-order valence-electron chi connectivity index (χ0n) is 14.5. The molecule has 29 heavy (non-hydrogen) atoms. The van der Waals surface area contributed by atoms with Crippen molar-refractivity contribution < 1.29 is 4.79 Å². The maximum absolute atomic E-state index is 12.5. The second kappa shape index (κ2) is 7.76. The summed E-state index contributed by atoms with van der Waals surface area (Å²) in [6.45, 7) is 0. The Morgan fingerprint density at radius 2 is 1.72 bits per heavy atom. The number of allylic oxidation sites excluding steroid dienone is 5. The molecule has 2 N–H and O–H groups in total. The van der Waals surface area contributed by atoms with Crippen LogP contribution in [0.25, 0.3) is 11.0 Å². The third-order valence-corrected chi connectivity index (χ3v) is 5.86. The van der Waals surface area contributed by atoms with Gasteiger partial charge in [-0.25, -0.2) is 0 Å². The molecule has 0 atom stereocenters. The Kier molecular flexibility index (Phi) is 5.31. The molecule has 0 unspecified atom stereocenters. The molecule has 3 aromatic rings. The Hall–Kier alpha value is -2.45. The number of hydrogen-bond donors (Lipinski definition) is 1. The molecule has 1 aromatic carbocycles. The Labute approximate surface area is 183 Å². The molecule has 0 fully saturated rings. The van der Waals surface area contributed by atoms with Crippen molar-refractivity contribution >= 4 is 68.8 Å². The lowest BCUT2D eigenvalue weighted by atomic mass is 10.1. The molecule has 146 valence electrons. The fraction of sp³-hybridized carbons (Fsp3) is 0.0526. The molecule has 2 aromatic heterocycles. The number of fused-ring (bicyclic) bond motifs is 1. The van der Waals surface area contributed by atoms with Crippen LogP contribution >= 0.6 is 46.1 Å². The number of ketones is 1. The minimum absolute atomic E-state index is 0.0460. The van der Waals surface area contributed by atoms with Crippen molar-refractivity contribution in [3.63, 3.8) is 0 Å². The van der Waals surface area contributed by atoms with Crippen LogP contribution in [-0.2, 0) is 11.2 Å². The van der Waals surface area contributed by atoms with Crippen molar-refractivity contribution in [2.75, 3.05) is 5.73 Å². The number of nitrogens with two attached hydrogens (primary N) is 1. The lowest BCUT2D eigenvalue weighted by molar-refractivity contribution is -0.111. The normalized spacial score (nSPS) is 14.2. The van der Waals surface area contributed by atoms with E-state index in [1.165, 1.54) is 34.1 Å². The fourth-order valence-electron chi connectivity index (χ4n) is 2.73. The SMILES string of the molecule is Nc1c(C=C2C=C(Cl)C(=O)C(Cl)=C2)c(=O)nc2sc(Cc3ccc(Cl)cc3)nn12. The minimum Gasteiger partial charge on any atom is -0.383 e. The number of aromatic nitrogens is 3. The molecule has 0 aliphatic heterocycles. The molecule has 0 saturated carbocycles. The van der Waals surface area contributed by atoms with Gasteiger partial charge in [-0.05, 0) is 41.5 Å². The molecular weight excluding hydrogens is 455 g/mol. The van der Waals surface area contributed by atoms with Gasteiger partial charge in [0.1, 0.15) is 10.8 Å². The van der Waals surface area contributed by atoms with E-state index in [4.69, 9.17) is 40.5 Å². The lowest BCUT2D eigenvalue weighted by Crippen LogP contribution is -2.17. The molecule has 0 bridgehead atoms. The van der Waals surface area contributed by atoms with Crippen molar-refractivity contribution in [2.24, 2.45) is 0 Å². The first-order chi connectivity index (χ1) is 13.8. The Morgan fingerprint density at radius 3 is 2.38 bits per heavy atom. The largest absolute Gasteiger partial charge is 0.383 e. The molecule has 1 aliphatic carbocycles. The first-order valence-corrected chi connectivity index (χ1v) is 10.2. The number of hydrogen-bond acceptors (Lipinski definition) is 6. The number of carbonyl (C=O) groups is 1. The molecule has 4 rings (SSSR count). The van der Waals surface area contributed by atoms with E-state index in [1.807, 2.05) is 12.1 Å².